The average molecular weight is 516 g/mol. The highest BCUT2D eigenvalue weighted by Crippen LogP contribution is 2.40. The summed E-state index contributed by atoms with van der Waals surface area (Å²) in [6.45, 7) is 7.72. The van der Waals surface area contributed by atoms with E-state index < -0.39 is 0 Å². The molecule has 38 heavy (non-hydrogen) atoms. The zero-order valence-corrected chi connectivity index (χ0v) is 22.0. The number of halogens is 1. The Morgan fingerprint density at radius 3 is 2.21 bits per heavy atom. The average Bonchev–Trinajstić information content (AvgIpc) is 3.40. The molecule has 0 atom stereocenters. The van der Waals surface area contributed by atoms with Crippen molar-refractivity contribution in [2.45, 2.75) is 39.3 Å². The van der Waals surface area contributed by atoms with Crippen LogP contribution in [0.4, 0.5) is 10.4 Å². The third-order valence-electron chi connectivity index (χ3n) is 6.75. The zero-order chi connectivity index (χ0) is 26.3. The number of hydrogen-bond donors (Lipinski definition) is 1. The standard InChI is InChI=1S/C31H34FN3O3/c1-3-36-28-18-22(19-29(37-4-2)30(28)24-10-12-25(32)13-11-24)20-35-16-14-26(15-17-35)33-31-34-27(21-38-31)23-8-6-5-7-9-23/h5-13,18-19,21,26H,3-4,14-17,20H2,1-2H3,(H,33,34). The third-order valence-corrected chi connectivity index (χ3v) is 6.75. The van der Waals surface area contributed by atoms with Gasteiger partial charge in [-0.15, -0.1) is 0 Å². The van der Waals surface area contributed by atoms with Crippen LogP contribution in [0, 0.1) is 5.82 Å². The number of aromatic nitrogens is 1. The van der Waals surface area contributed by atoms with Gasteiger partial charge in [-0.1, -0.05) is 42.5 Å². The van der Waals surface area contributed by atoms with Gasteiger partial charge in [-0.3, -0.25) is 4.90 Å². The second-order valence-corrected chi connectivity index (χ2v) is 9.44. The Bertz CT molecular complexity index is 1290. The minimum absolute atomic E-state index is 0.265. The number of hydrogen-bond acceptors (Lipinski definition) is 6. The Kier molecular flexibility index (Phi) is 8.24. The van der Waals surface area contributed by atoms with Crippen LogP contribution >= 0.6 is 0 Å². The Labute approximate surface area is 223 Å². The summed E-state index contributed by atoms with van der Waals surface area (Å²) in [5, 5.41) is 3.47. The SMILES string of the molecule is CCOc1cc(CN2CCC(Nc3nc(-c4ccccc4)co3)CC2)cc(OCC)c1-c1ccc(F)cc1. The highest BCUT2D eigenvalue weighted by atomic mass is 19.1. The highest BCUT2D eigenvalue weighted by molar-refractivity contribution is 5.77. The number of oxazole rings is 1. The molecule has 0 spiro atoms. The van der Waals surface area contributed by atoms with Gasteiger partial charge < -0.3 is 19.2 Å². The van der Waals surface area contributed by atoms with Crippen molar-refractivity contribution in [2.75, 3.05) is 31.6 Å². The van der Waals surface area contributed by atoms with E-state index in [0.29, 0.717) is 25.3 Å². The molecule has 0 saturated carbocycles. The van der Waals surface area contributed by atoms with Crippen molar-refractivity contribution in [1.82, 2.24) is 9.88 Å². The number of piperidine rings is 1. The van der Waals surface area contributed by atoms with Crippen LogP contribution in [0.5, 0.6) is 11.5 Å². The molecule has 4 aromatic rings. The first kappa shape index (κ1) is 25.8. The van der Waals surface area contributed by atoms with E-state index in [1.54, 1.807) is 18.4 Å². The van der Waals surface area contributed by atoms with E-state index in [0.717, 1.165) is 71.9 Å². The van der Waals surface area contributed by atoms with Crippen LogP contribution in [0.15, 0.2) is 77.4 Å². The molecule has 5 rings (SSSR count). The molecule has 1 aliphatic heterocycles. The summed E-state index contributed by atoms with van der Waals surface area (Å²) in [6, 6.07) is 21.6. The van der Waals surface area contributed by atoms with Gasteiger partial charge in [0.1, 0.15) is 29.3 Å². The van der Waals surface area contributed by atoms with Gasteiger partial charge in [0.25, 0.3) is 6.01 Å². The van der Waals surface area contributed by atoms with Crippen molar-refractivity contribution in [3.8, 4) is 33.9 Å². The van der Waals surface area contributed by atoms with Crippen LogP contribution in [0.25, 0.3) is 22.4 Å². The smallest absolute Gasteiger partial charge is 0.295 e. The second kappa shape index (κ2) is 12.1. The van der Waals surface area contributed by atoms with Gasteiger partial charge in [-0.25, -0.2) is 4.39 Å². The number of nitrogens with one attached hydrogen (secondary N) is 1. The first-order valence-electron chi connectivity index (χ1n) is 13.3. The highest BCUT2D eigenvalue weighted by Gasteiger charge is 2.22. The van der Waals surface area contributed by atoms with Gasteiger partial charge in [-0.2, -0.15) is 4.98 Å². The molecule has 0 bridgehead atoms. The predicted molar refractivity (Wildman–Crippen MR) is 148 cm³/mol. The maximum Gasteiger partial charge on any atom is 0.295 e. The molecule has 0 amide bonds. The molecule has 6 nitrogen and oxygen atoms in total. The molecule has 198 valence electrons. The Morgan fingerprint density at radius 2 is 1.58 bits per heavy atom. The molecule has 1 saturated heterocycles. The van der Waals surface area contributed by atoms with E-state index in [1.807, 2.05) is 44.2 Å². The van der Waals surface area contributed by atoms with Crippen molar-refractivity contribution in [3.05, 3.63) is 84.4 Å². The van der Waals surface area contributed by atoms with Crippen LogP contribution < -0.4 is 14.8 Å². The van der Waals surface area contributed by atoms with E-state index in [1.165, 1.54) is 12.1 Å². The topological polar surface area (TPSA) is 59.8 Å². The molecule has 1 aliphatic rings. The van der Waals surface area contributed by atoms with Crippen LogP contribution in [0.3, 0.4) is 0 Å². The van der Waals surface area contributed by atoms with Crippen molar-refractivity contribution in [1.29, 1.82) is 0 Å². The van der Waals surface area contributed by atoms with Gasteiger partial charge in [-0.05, 0) is 62.1 Å². The lowest BCUT2D eigenvalue weighted by Gasteiger charge is -2.32. The van der Waals surface area contributed by atoms with Gasteiger partial charge in [0.15, 0.2) is 0 Å². The molecule has 1 fully saturated rings. The maximum atomic E-state index is 13.6. The Morgan fingerprint density at radius 1 is 0.921 bits per heavy atom. The molecular weight excluding hydrogens is 481 g/mol. The van der Waals surface area contributed by atoms with E-state index in [4.69, 9.17) is 13.9 Å². The lowest BCUT2D eigenvalue weighted by atomic mass is 9.99. The fourth-order valence-electron chi connectivity index (χ4n) is 4.93. The summed E-state index contributed by atoms with van der Waals surface area (Å²) < 4.78 is 31.3. The molecule has 3 aromatic carbocycles. The van der Waals surface area contributed by atoms with Crippen LogP contribution in [-0.4, -0.2) is 42.2 Å². The number of nitrogens with zero attached hydrogens (tertiary/aromatic N) is 2. The van der Waals surface area contributed by atoms with E-state index in [9.17, 15) is 4.39 Å². The van der Waals surface area contributed by atoms with Crippen LogP contribution in [-0.2, 0) is 6.54 Å². The normalized spacial score (nSPS) is 14.4. The van der Waals surface area contributed by atoms with Gasteiger partial charge in [0, 0.05) is 31.2 Å². The molecule has 0 aliphatic carbocycles. The van der Waals surface area contributed by atoms with Crippen molar-refractivity contribution in [2.24, 2.45) is 0 Å². The second-order valence-electron chi connectivity index (χ2n) is 9.44. The number of benzene rings is 3. The lowest BCUT2D eigenvalue weighted by Crippen LogP contribution is -2.38. The number of likely N-dealkylation sites (tertiary alicyclic amines) is 1. The fourth-order valence-corrected chi connectivity index (χ4v) is 4.93. The maximum absolute atomic E-state index is 13.6. The minimum atomic E-state index is -0.265. The van der Waals surface area contributed by atoms with E-state index in [2.05, 4.69) is 27.3 Å². The monoisotopic (exact) mass is 515 g/mol. The van der Waals surface area contributed by atoms with E-state index in [-0.39, 0.29) is 5.82 Å². The quantitative estimate of drug-likeness (QED) is 0.245. The zero-order valence-electron chi connectivity index (χ0n) is 22.0. The van der Waals surface area contributed by atoms with Crippen LogP contribution in [0.1, 0.15) is 32.3 Å². The summed E-state index contributed by atoms with van der Waals surface area (Å²) in [6.07, 6.45) is 3.69. The molecule has 0 unspecified atom stereocenters. The summed E-state index contributed by atoms with van der Waals surface area (Å²) in [5.41, 5.74) is 4.75. The molecule has 0 radical (unpaired) electrons. The molecule has 7 heteroatoms. The molecule has 2 heterocycles. The number of ether oxygens (including phenoxy) is 2. The van der Waals surface area contributed by atoms with Crippen molar-refractivity contribution in [3.63, 3.8) is 0 Å². The lowest BCUT2D eigenvalue weighted by molar-refractivity contribution is 0.209. The van der Waals surface area contributed by atoms with Crippen molar-refractivity contribution >= 4 is 6.01 Å². The van der Waals surface area contributed by atoms with Gasteiger partial charge in [0.05, 0.1) is 18.8 Å². The van der Waals surface area contributed by atoms with Gasteiger partial charge >= 0.3 is 0 Å². The molecular formula is C31H34FN3O3. The number of rotatable bonds is 10. The minimum Gasteiger partial charge on any atom is -0.493 e. The fraction of sp³-hybridized carbons (Fsp3) is 0.323. The predicted octanol–water partition coefficient (Wildman–Crippen LogP) is 7.02. The van der Waals surface area contributed by atoms with E-state index >= 15 is 0 Å². The third kappa shape index (κ3) is 6.17. The van der Waals surface area contributed by atoms with Crippen LogP contribution in [0.2, 0.25) is 0 Å². The molecule has 1 aromatic heterocycles. The first-order chi connectivity index (χ1) is 18.6. The van der Waals surface area contributed by atoms with Crippen molar-refractivity contribution < 1.29 is 18.3 Å². The van der Waals surface area contributed by atoms with Gasteiger partial charge in [0.2, 0.25) is 0 Å². The largest absolute Gasteiger partial charge is 0.493 e. The summed E-state index contributed by atoms with van der Waals surface area (Å²) in [5.74, 6) is 1.25. The Balaban J connectivity index is 1.24. The number of anilines is 1. The first-order valence-corrected chi connectivity index (χ1v) is 13.3. The Hall–Kier alpha value is -3.84. The summed E-state index contributed by atoms with van der Waals surface area (Å²) in [4.78, 5) is 7.06. The molecule has 1 N–H and O–H groups in total. The summed E-state index contributed by atoms with van der Waals surface area (Å²) in [7, 11) is 0. The summed E-state index contributed by atoms with van der Waals surface area (Å²) >= 11 is 0.